The van der Waals surface area contributed by atoms with Crippen LogP contribution in [0.4, 0.5) is 11.6 Å². The third-order valence-electron chi connectivity index (χ3n) is 6.55. The molecule has 2 atom stereocenters. The molecule has 29 heavy (non-hydrogen) atoms. The summed E-state index contributed by atoms with van der Waals surface area (Å²) in [6.07, 6.45) is 9.33. The van der Waals surface area contributed by atoms with Crippen LogP contribution in [0, 0.1) is 11.8 Å². The van der Waals surface area contributed by atoms with Gasteiger partial charge in [-0.2, -0.15) is 9.61 Å². The van der Waals surface area contributed by atoms with Gasteiger partial charge in [-0.15, -0.1) is 0 Å². The monoisotopic (exact) mass is 400 g/mol. The Morgan fingerprint density at radius 2 is 2.00 bits per heavy atom. The lowest BCUT2D eigenvalue weighted by molar-refractivity contribution is 0.0883. The van der Waals surface area contributed by atoms with Crippen LogP contribution < -0.4 is 16.0 Å². The molecule has 2 aromatic rings. The summed E-state index contributed by atoms with van der Waals surface area (Å²) in [6.45, 7) is 7.72. The van der Waals surface area contributed by atoms with E-state index in [-0.39, 0.29) is 12.0 Å². The highest BCUT2D eigenvalue weighted by molar-refractivity contribution is 5.61. The minimum Gasteiger partial charge on any atom is -0.391 e. The standard InChI is InChI=1S/C22H36N6O/c1-15(2)18-13-26-28-21(25-11-16-6-4-3-5-7-16)10-20(27-22(18)28)24-12-17-8-9-23-14-19(17)29/h10,13,15-17,19,23,25,29H,3-9,11-12,14H2,1-2H3,(H,24,27)/t17-,19+/m1/s1. The van der Waals surface area contributed by atoms with Gasteiger partial charge in [0.2, 0.25) is 0 Å². The van der Waals surface area contributed by atoms with E-state index >= 15 is 0 Å². The van der Waals surface area contributed by atoms with Gasteiger partial charge in [0.25, 0.3) is 0 Å². The number of nitrogens with one attached hydrogen (secondary N) is 3. The molecule has 1 aliphatic carbocycles. The summed E-state index contributed by atoms with van der Waals surface area (Å²) in [7, 11) is 0. The lowest BCUT2D eigenvalue weighted by Crippen LogP contribution is -2.43. The Balaban J connectivity index is 1.53. The Hall–Kier alpha value is -1.86. The van der Waals surface area contributed by atoms with E-state index in [2.05, 4.69) is 41.0 Å². The summed E-state index contributed by atoms with van der Waals surface area (Å²) >= 11 is 0. The SMILES string of the molecule is CC(C)c1cnn2c(NCC3CCCCC3)cc(NC[C@H]3CCNC[C@@H]3O)nc12. The van der Waals surface area contributed by atoms with Gasteiger partial charge in [0, 0.05) is 37.2 Å². The smallest absolute Gasteiger partial charge is 0.163 e. The largest absolute Gasteiger partial charge is 0.391 e. The highest BCUT2D eigenvalue weighted by atomic mass is 16.3. The molecule has 7 heteroatoms. The number of aliphatic hydroxyl groups is 1. The summed E-state index contributed by atoms with van der Waals surface area (Å²) in [5.41, 5.74) is 2.08. The summed E-state index contributed by atoms with van der Waals surface area (Å²) in [4.78, 5) is 4.87. The third-order valence-corrected chi connectivity index (χ3v) is 6.55. The number of β-amino-alcohol motifs (C(OH)–C–C–N with tert-alkyl or cyclic N) is 1. The van der Waals surface area contributed by atoms with Crippen LogP contribution in [-0.2, 0) is 0 Å². The molecule has 0 unspecified atom stereocenters. The van der Waals surface area contributed by atoms with Gasteiger partial charge in [0.05, 0.1) is 12.3 Å². The normalized spacial score (nSPS) is 23.6. The molecular weight excluding hydrogens is 364 g/mol. The van der Waals surface area contributed by atoms with Gasteiger partial charge in [-0.1, -0.05) is 33.1 Å². The van der Waals surface area contributed by atoms with Crippen molar-refractivity contribution in [2.45, 2.75) is 64.4 Å². The lowest BCUT2D eigenvalue weighted by Gasteiger charge is -2.28. The van der Waals surface area contributed by atoms with E-state index < -0.39 is 0 Å². The molecule has 3 heterocycles. The number of aliphatic hydroxyl groups excluding tert-OH is 1. The molecule has 0 spiro atoms. The first kappa shape index (κ1) is 20.4. The fourth-order valence-electron chi connectivity index (χ4n) is 4.61. The summed E-state index contributed by atoms with van der Waals surface area (Å²) < 4.78 is 1.95. The molecule has 0 amide bonds. The second kappa shape index (κ2) is 9.30. The Labute approximate surface area is 173 Å². The fraction of sp³-hybridized carbons (Fsp3) is 0.727. The Morgan fingerprint density at radius 3 is 2.76 bits per heavy atom. The number of rotatable bonds is 7. The lowest BCUT2D eigenvalue weighted by atomic mass is 9.89. The van der Waals surface area contributed by atoms with Gasteiger partial charge in [0.15, 0.2) is 5.65 Å². The molecule has 1 saturated carbocycles. The van der Waals surface area contributed by atoms with Crippen molar-refractivity contribution in [3.63, 3.8) is 0 Å². The van der Waals surface area contributed by atoms with Crippen molar-refractivity contribution in [1.29, 1.82) is 0 Å². The molecule has 0 bridgehead atoms. The van der Waals surface area contributed by atoms with E-state index in [9.17, 15) is 5.11 Å². The number of fused-ring (bicyclic) bond motifs is 1. The van der Waals surface area contributed by atoms with Crippen LogP contribution in [0.1, 0.15) is 63.9 Å². The number of hydrogen-bond donors (Lipinski definition) is 4. The van der Waals surface area contributed by atoms with Crippen LogP contribution in [0.5, 0.6) is 0 Å². The number of aromatic nitrogens is 3. The van der Waals surface area contributed by atoms with Crippen LogP contribution in [0.25, 0.3) is 5.65 Å². The summed E-state index contributed by atoms with van der Waals surface area (Å²) in [6, 6.07) is 2.07. The maximum atomic E-state index is 10.2. The van der Waals surface area contributed by atoms with E-state index in [4.69, 9.17) is 4.98 Å². The van der Waals surface area contributed by atoms with Crippen LogP contribution in [-0.4, -0.2) is 52.0 Å². The zero-order valence-corrected chi connectivity index (χ0v) is 17.8. The number of nitrogens with zero attached hydrogens (tertiary/aromatic N) is 3. The fourth-order valence-corrected chi connectivity index (χ4v) is 4.61. The van der Waals surface area contributed by atoms with Crippen molar-refractivity contribution in [2.75, 3.05) is 36.8 Å². The van der Waals surface area contributed by atoms with Crippen molar-refractivity contribution >= 4 is 17.3 Å². The van der Waals surface area contributed by atoms with Gasteiger partial charge in [0.1, 0.15) is 11.6 Å². The summed E-state index contributed by atoms with van der Waals surface area (Å²) in [5, 5.41) is 25.3. The number of anilines is 2. The van der Waals surface area contributed by atoms with E-state index in [0.717, 1.165) is 54.8 Å². The van der Waals surface area contributed by atoms with E-state index in [1.807, 2.05) is 10.7 Å². The van der Waals surface area contributed by atoms with E-state index in [1.165, 1.54) is 32.1 Å². The maximum Gasteiger partial charge on any atom is 0.163 e. The Kier molecular flexibility index (Phi) is 6.55. The quantitative estimate of drug-likeness (QED) is 0.571. The molecule has 1 saturated heterocycles. The second-order valence-electron chi connectivity index (χ2n) is 9.10. The van der Waals surface area contributed by atoms with Gasteiger partial charge < -0.3 is 21.1 Å². The molecule has 2 fully saturated rings. The molecule has 7 nitrogen and oxygen atoms in total. The molecule has 4 N–H and O–H groups in total. The molecule has 0 aromatic carbocycles. The van der Waals surface area contributed by atoms with Gasteiger partial charge >= 0.3 is 0 Å². The van der Waals surface area contributed by atoms with Crippen molar-refractivity contribution in [3.05, 3.63) is 17.8 Å². The number of hydrogen-bond acceptors (Lipinski definition) is 6. The van der Waals surface area contributed by atoms with E-state index in [1.54, 1.807) is 0 Å². The highest BCUT2D eigenvalue weighted by Gasteiger charge is 2.23. The first-order chi connectivity index (χ1) is 14.1. The molecular formula is C22H36N6O. The zero-order valence-electron chi connectivity index (χ0n) is 17.8. The molecule has 160 valence electrons. The predicted molar refractivity (Wildman–Crippen MR) is 118 cm³/mol. The maximum absolute atomic E-state index is 10.2. The average Bonchev–Trinajstić information content (AvgIpc) is 3.16. The Morgan fingerprint density at radius 1 is 1.17 bits per heavy atom. The average molecular weight is 401 g/mol. The minimum absolute atomic E-state index is 0.252. The minimum atomic E-state index is -0.301. The molecule has 0 radical (unpaired) electrons. The van der Waals surface area contributed by atoms with Crippen LogP contribution in [0.15, 0.2) is 12.3 Å². The van der Waals surface area contributed by atoms with Crippen molar-refractivity contribution in [1.82, 2.24) is 19.9 Å². The molecule has 2 aromatic heterocycles. The van der Waals surface area contributed by atoms with Gasteiger partial charge in [-0.3, -0.25) is 0 Å². The second-order valence-corrected chi connectivity index (χ2v) is 9.10. The van der Waals surface area contributed by atoms with Gasteiger partial charge in [-0.05, 0) is 37.6 Å². The van der Waals surface area contributed by atoms with Crippen LogP contribution in [0.3, 0.4) is 0 Å². The highest BCUT2D eigenvalue weighted by Crippen LogP contribution is 2.27. The first-order valence-electron chi connectivity index (χ1n) is 11.4. The Bertz CT molecular complexity index is 798. The molecule has 4 rings (SSSR count). The molecule has 2 aliphatic rings. The van der Waals surface area contributed by atoms with Crippen molar-refractivity contribution < 1.29 is 5.11 Å². The van der Waals surface area contributed by atoms with Crippen molar-refractivity contribution in [2.24, 2.45) is 11.8 Å². The zero-order chi connectivity index (χ0) is 20.2. The predicted octanol–water partition coefficient (Wildman–Crippen LogP) is 3.23. The first-order valence-corrected chi connectivity index (χ1v) is 11.4. The van der Waals surface area contributed by atoms with E-state index in [0.29, 0.717) is 12.5 Å². The van der Waals surface area contributed by atoms with Crippen molar-refractivity contribution in [3.8, 4) is 0 Å². The van der Waals surface area contributed by atoms with Crippen LogP contribution in [0.2, 0.25) is 0 Å². The molecule has 1 aliphatic heterocycles. The third kappa shape index (κ3) is 4.83. The van der Waals surface area contributed by atoms with Crippen LogP contribution >= 0.6 is 0 Å². The topological polar surface area (TPSA) is 86.5 Å². The van der Waals surface area contributed by atoms with Gasteiger partial charge in [-0.25, -0.2) is 4.98 Å². The number of piperidine rings is 1. The summed E-state index contributed by atoms with van der Waals surface area (Å²) in [5.74, 6) is 3.22.